The maximum absolute atomic E-state index is 11.3. The maximum Gasteiger partial charge on any atom is 0.411 e. The largest absolute Gasteiger partial charge is 0.449 e. The lowest BCUT2D eigenvalue weighted by molar-refractivity contribution is -0.384. The van der Waals surface area contributed by atoms with Gasteiger partial charge in [-0.15, -0.1) is 0 Å². The van der Waals surface area contributed by atoms with Crippen LogP contribution in [0.2, 0.25) is 0 Å². The highest BCUT2D eigenvalue weighted by molar-refractivity contribution is 5.85. The topological polar surface area (TPSA) is 81.5 Å². The Labute approximate surface area is 98.7 Å². The molecule has 0 saturated heterocycles. The summed E-state index contributed by atoms with van der Waals surface area (Å²) >= 11 is 0. The third-order valence-corrected chi connectivity index (χ3v) is 1.85. The predicted molar refractivity (Wildman–Crippen MR) is 62.9 cm³/mol. The zero-order valence-corrected chi connectivity index (χ0v) is 9.67. The molecule has 1 rings (SSSR count). The summed E-state index contributed by atoms with van der Waals surface area (Å²) in [5, 5.41) is 12.9. The lowest BCUT2D eigenvalue weighted by atomic mass is 10.2. The van der Waals surface area contributed by atoms with E-state index < -0.39 is 11.0 Å². The van der Waals surface area contributed by atoms with E-state index in [4.69, 9.17) is 4.74 Å². The Hall–Kier alpha value is -2.11. The fourth-order valence-electron chi connectivity index (χ4n) is 1.09. The molecule has 0 saturated carbocycles. The first-order chi connectivity index (χ1) is 7.99. The monoisotopic (exact) mass is 238 g/mol. The zero-order chi connectivity index (χ0) is 12.8. The number of carbonyl (C=O) groups is 1. The van der Waals surface area contributed by atoms with E-state index in [1.165, 1.54) is 18.2 Å². The van der Waals surface area contributed by atoms with Crippen molar-refractivity contribution in [3.8, 4) is 0 Å². The van der Waals surface area contributed by atoms with E-state index in [1.807, 2.05) is 13.8 Å². The van der Waals surface area contributed by atoms with Gasteiger partial charge in [-0.3, -0.25) is 15.4 Å². The molecular weight excluding hydrogens is 224 g/mol. The van der Waals surface area contributed by atoms with Crippen molar-refractivity contribution in [3.63, 3.8) is 0 Å². The molecule has 0 unspecified atom stereocenters. The second kappa shape index (κ2) is 5.83. The average molecular weight is 238 g/mol. The molecule has 1 amide bonds. The minimum atomic E-state index is -0.612. The number of hydrogen-bond donors (Lipinski definition) is 1. The van der Waals surface area contributed by atoms with Gasteiger partial charge < -0.3 is 4.74 Å². The third kappa shape index (κ3) is 4.50. The van der Waals surface area contributed by atoms with Crippen molar-refractivity contribution in [3.05, 3.63) is 34.4 Å². The summed E-state index contributed by atoms with van der Waals surface area (Å²) in [6, 6.07) is 5.68. The Kier molecular flexibility index (Phi) is 4.45. The minimum absolute atomic E-state index is 0.0772. The van der Waals surface area contributed by atoms with E-state index in [2.05, 4.69) is 5.32 Å². The first kappa shape index (κ1) is 13.0. The molecule has 92 valence electrons. The maximum atomic E-state index is 11.3. The summed E-state index contributed by atoms with van der Waals surface area (Å²) < 4.78 is 4.89. The van der Waals surface area contributed by atoms with Crippen LogP contribution in [0, 0.1) is 16.0 Å². The van der Waals surface area contributed by atoms with Gasteiger partial charge in [0.1, 0.15) is 0 Å². The van der Waals surface area contributed by atoms with Crippen molar-refractivity contribution < 1.29 is 14.5 Å². The van der Waals surface area contributed by atoms with E-state index in [0.717, 1.165) is 0 Å². The molecule has 1 aromatic carbocycles. The normalized spacial score (nSPS) is 10.1. The van der Waals surface area contributed by atoms with Gasteiger partial charge in [0.25, 0.3) is 5.69 Å². The standard InChI is InChI=1S/C11H14N2O4/c1-8(2)7-17-11(14)12-9-4-3-5-10(6-9)13(15)16/h3-6,8H,7H2,1-2H3,(H,12,14). The van der Waals surface area contributed by atoms with Crippen LogP contribution < -0.4 is 5.32 Å². The summed E-state index contributed by atoms with van der Waals surface area (Å²) in [6.07, 6.45) is -0.612. The van der Waals surface area contributed by atoms with E-state index in [0.29, 0.717) is 12.3 Å². The van der Waals surface area contributed by atoms with Gasteiger partial charge in [0.2, 0.25) is 0 Å². The molecule has 0 fully saturated rings. The Morgan fingerprint density at radius 3 is 2.82 bits per heavy atom. The molecule has 0 bridgehead atoms. The number of nitro groups is 1. The highest BCUT2D eigenvalue weighted by atomic mass is 16.6. The van der Waals surface area contributed by atoms with E-state index in [-0.39, 0.29) is 11.6 Å². The van der Waals surface area contributed by atoms with Gasteiger partial charge >= 0.3 is 6.09 Å². The molecule has 0 heterocycles. The summed E-state index contributed by atoms with van der Waals surface area (Å²) in [5.74, 6) is 0.242. The number of anilines is 1. The molecule has 0 aliphatic heterocycles. The lowest BCUT2D eigenvalue weighted by Crippen LogP contribution is -2.16. The molecule has 0 aromatic heterocycles. The van der Waals surface area contributed by atoms with Crippen molar-refractivity contribution in [1.82, 2.24) is 0 Å². The number of nitrogens with zero attached hydrogens (tertiary/aromatic N) is 1. The van der Waals surface area contributed by atoms with Crippen molar-refractivity contribution in [2.24, 2.45) is 5.92 Å². The van der Waals surface area contributed by atoms with Crippen LogP contribution in [0.15, 0.2) is 24.3 Å². The van der Waals surface area contributed by atoms with Crippen molar-refractivity contribution in [2.45, 2.75) is 13.8 Å². The van der Waals surface area contributed by atoms with Gasteiger partial charge in [-0.05, 0) is 12.0 Å². The first-order valence-electron chi connectivity index (χ1n) is 5.17. The number of hydrogen-bond acceptors (Lipinski definition) is 4. The molecule has 1 aromatic rings. The number of non-ortho nitro benzene ring substituents is 1. The van der Waals surface area contributed by atoms with Crippen LogP contribution in [0.25, 0.3) is 0 Å². The van der Waals surface area contributed by atoms with Crippen molar-refractivity contribution in [1.29, 1.82) is 0 Å². The lowest BCUT2D eigenvalue weighted by Gasteiger charge is -2.08. The fourth-order valence-corrected chi connectivity index (χ4v) is 1.09. The Morgan fingerprint density at radius 2 is 2.24 bits per heavy atom. The number of amides is 1. The van der Waals surface area contributed by atoms with Crippen LogP contribution in [-0.4, -0.2) is 17.6 Å². The molecule has 0 atom stereocenters. The summed E-state index contributed by atoms with van der Waals surface area (Å²) in [4.78, 5) is 21.3. The highest BCUT2D eigenvalue weighted by Gasteiger charge is 2.08. The second-order valence-corrected chi connectivity index (χ2v) is 3.92. The van der Waals surface area contributed by atoms with Gasteiger partial charge in [-0.25, -0.2) is 4.79 Å². The fraction of sp³-hybridized carbons (Fsp3) is 0.364. The molecule has 6 heteroatoms. The molecule has 0 spiro atoms. The van der Waals surface area contributed by atoms with Crippen LogP contribution in [0.4, 0.5) is 16.2 Å². The Balaban J connectivity index is 2.59. The number of carbonyl (C=O) groups excluding carboxylic acids is 1. The Morgan fingerprint density at radius 1 is 1.53 bits per heavy atom. The zero-order valence-electron chi connectivity index (χ0n) is 9.67. The molecule has 1 N–H and O–H groups in total. The van der Waals surface area contributed by atoms with Gasteiger partial charge in [0, 0.05) is 12.1 Å². The summed E-state index contributed by atoms with van der Waals surface area (Å²) in [7, 11) is 0. The van der Waals surface area contributed by atoms with Gasteiger partial charge in [-0.2, -0.15) is 0 Å². The van der Waals surface area contributed by atoms with E-state index in [9.17, 15) is 14.9 Å². The number of benzene rings is 1. The van der Waals surface area contributed by atoms with E-state index in [1.54, 1.807) is 6.07 Å². The SMILES string of the molecule is CC(C)COC(=O)Nc1cccc([N+](=O)[O-])c1. The quantitative estimate of drug-likeness (QED) is 0.645. The van der Waals surface area contributed by atoms with Crippen molar-refractivity contribution in [2.75, 3.05) is 11.9 Å². The molecule has 17 heavy (non-hydrogen) atoms. The molecule has 0 aliphatic rings. The third-order valence-electron chi connectivity index (χ3n) is 1.85. The van der Waals surface area contributed by atoms with Crippen LogP contribution >= 0.6 is 0 Å². The smallest absolute Gasteiger partial charge is 0.411 e. The minimum Gasteiger partial charge on any atom is -0.449 e. The number of ether oxygens (including phenoxy) is 1. The van der Waals surface area contributed by atoms with Crippen molar-refractivity contribution >= 4 is 17.5 Å². The van der Waals surface area contributed by atoms with Gasteiger partial charge in [-0.1, -0.05) is 19.9 Å². The van der Waals surface area contributed by atoms with Crippen LogP contribution in [0.5, 0.6) is 0 Å². The number of nitro benzene ring substituents is 1. The highest BCUT2D eigenvalue weighted by Crippen LogP contribution is 2.17. The summed E-state index contributed by atoms with van der Waals surface area (Å²) in [6.45, 7) is 4.14. The average Bonchev–Trinajstić information content (AvgIpc) is 2.26. The number of rotatable bonds is 4. The van der Waals surface area contributed by atoms with Gasteiger partial charge in [0.05, 0.1) is 17.2 Å². The molecule has 6 nitrogen and oxygen atoms in total. The second-order valence-electron chi connectivity index (χ2n) is 3.92. The number of nitrogens with one attached hydrogen (secondary N) is 1. The molecule has 0 aliphatic carbocycles. The van der Waals surface area contributed by atoms with Crippen LogP contribution in [0.3, 0.4) is 0 Å². The predicted octanol–water partition coefficient (Wildman–Crippen LogP) is 2.80. The van der Waals surface area contributed by atoms with Gasteiger partial charge in [0.15, 0.2) is 0 Å². The summed E-state index contributed by atoms with van der Waals surface area (Å²) in [5.41, 5.74) is 0.264. The van der Waals surface area contributed by atoms with Crippen LogP contribution in [0.1, 0.15) is 13.8 Å². The molecular formula is C11H14N2O4. The molecule has 0 radical (unpaired) electrons. The first-order valence-corrected chi connectivity index (χ1v) is 5.17. The van der Waals surface area contributed by atoms with Crippen LogP contribution in [-0.2, 0) is 4.74 Å². The Bertz CT molecular complexity index is 418. The van der Waals surface area contributed by atoms with E-state index >= 15 is 0 Å².